The van der Waals surface area contributed by atoms with E-state index in [0.717, 1.165) is 40.6 Å². The first kappa shape index (κ1) is 22.5. The van der Waals surface area contributed by atoms with Gasteiger partial charge in [0, 0.05) is 11.3 Å². The fraction of sp³-hybridized carbons (Fsp3) is 0.348. The number of carbonyl (C=O) groups excluding carboxylic acids is 2. The Kier molecular flexibility index (Phi) is 5.59. The Morgan fingerprint density at radius 2 is 1.91 bits per heavy atom. The first-order chi connectivity index (χ1) is 16.2. The molecule has 3 aromatic rings. The molecule has 1 aliphatic heterocycles. The van der Waals surface area contributed by atoms with Crippen LogP contribution < -0.4 is 16.4 Å². The minimum Gasteiger partial charge on any atom is -0.365 e. The van der Waals surface area contributed by atoms with Crippen molar-refractivity contribution in [3.05, 3.63) is 63.7 Å². The quantitative estimate of drug-likeness (QED) is 0.488. The third-order valence-electron chi connectivity index (χ3n) is 6.33. The molecule has 1 aliphatic carbocycles. The fourth-order valence-electron chi connectivity index (χ4n) is 4.72. The molecule has 0 radical (unpaired) electrons. The van der Waals surface area contributed by atoms with E-state index in [4.69, 9.17) is 5.73 Å². The van der Waals surface area contributed by atoms with Gasteiger partial charge < -0.3 is 16.4 Å². The number of nitrogens with two attached hydrogens (primary N) is 1. The van der Waals surface area contributed by atoms with Crippen molar-refractivity contribution < 1.29 is 22.8 Å². The minimum atomic E-state index is -4.55. The van der Waals surface area contributed by atoms with E-state index in [1.807, 2.05) is 0 Å². The van der Waals surface area contributed by atoms with E-state index >= 15 is 0 Å². The highest BCUT2D eigenvalue weighted by molar-refractivity contribution is 7.17. The lowest BCUT2D eigenvalue weighted by Gasteiger charge is -2.34. The highest BCUT2D eigenvalue weighted by Crippen LogP contribution is 2.45. The van der Waals surface area contributed by atoms with Gasteiger partial charge in [-0.25, -0.2) is 4.68 Å². The summed E-state index contributed by atoms with van der Waals surface area (Å²) in [5.74, 6) is -1.29. The number of thiophene rings is 1. The highest BCUT2D eigenvalue weighted by atomic mass is 32.1. The van der Waals surface area contributed by atoms with Crippen molar-refractivity contribution in [3.8, 4) is 0 Å². The normalized spacial score (nSPS) is 19.6. The zero-order chi connectivity index (χ0) is 24.0. The van der Waals surface area contributed by atoms with Gasteiger partial charge in [-0.2, -0.15) is 18.3 Å². The molecule has 0 saturated heterocycles. The molecule has 0 bridgehead atoms. The molecule has 2 aliphatic rings. The fourth-order valence-corrected chi connectivity index (χ4v) is 6.01. The van der Waals surface area contributed by atoms with Crippen molar-refractivity contribution in [2.45, 2.75) is 50.4 Å². The number of alkyl halides is 3. The average molecular weight is 490 g/mol. The Balaban J connectivity index is 1.50. The summed E-state index contributed by atoms with van der Waals surface area (Å²) in [5.41, 5.74) is 7.39. The van der Waals surface area contributed by atoms with Crippen molar-refractivity contribution in [3.63, 3.8) is 0 Å². The number of hydrogen-bond donors (Lipinski definition) is 3. The van der Waals surface area contributed by atoms with E-state index < -0.39 is 30.1 Å². The Bertz CT molecular complexity index is 1250. The number of primary amides is 1. The summed E-state index contributed by atoms with van der Waals surface area (Å²) in [6.45, 7) is 0. The molecule has 7 nitrogen and oxygen atoms in total. The molecule has 178 valence electrons. The smallest absolute Gasteiger partial charge is 0.365 e. The van der Waals surface area contributed by atoms with Crippen LogP contribution in [0.2, 0.25) is 0 Å². The van der Waals surface area contributed by atoms with E-state index in [1.165, 1.54) is 11.3 Å². The molecular formula is C23H22F3N5O2S. The van der Waals surface area contributed by atoms with Gasteiger partial charge >= 0.3 is 6.18 Å². The van der Waals surface area contributed by atoms with Gasteiger partial charge in [-0.1, -0.05) is 30.3 Å². The number of anilines is 2. The molecule has 4 N–H and O–H groups in total. The van der Waals surface area contributed by atoms with Crippen LogP contribution in [0.4, 0.5) is 24.0 Å². The van der Waals surface area contributed by atoms with Crippen LogP contribution in [-0.2, 0) is 12.8 Å². The third kappa shape index (κ3) is 3.93. The van der Waals surface area contributed by atoms with Gasteiger partial charge in [0.1, 0.15) is 16.4 Å². The molecule has 11 heteroatoms. The summed E-state index contributed by atoms with van der Waals surface area (Å²) in [6.07, 6.45) is -0.259. The topological polar surface area (TPSA) is 102 Å². The molecule has 0 saturated carbocycles. The summed E-state index contributed by atoms with van der Waals surface area (Å²) in [5, 5.41) is 10.0. The predicted octanol–water partition coefficient (Wildman–Crippen LogP) is 4.83. The molecule has 2 amide bonds. The van der Waals surface area contributed by atoms with Crippen LogP contribution in [0.3, 0.4) is 0 Å². The largest absolute Gasteiger partial charge is 0.410 e. The summed E-state index contributed by atoms with van der Waals surface area (Å²) >= 11 is 1.30. The van der Waals surface area contributed by atoms with Gasteiger partial charge in [-0.3, -0.25) is 9.59 Å². The van der Waals surface area contributed by atoms with Crippen LogP contribution in [0.15, 0.2) is 36.5 Å². The molecule has 1 aromatic carbocycles. The maximum Gasteiger partial charge on any atom is 0.410 e. The highest BCUT2D eigenvalue weighted by Gasteiger charge is 2.47. The van der Waals surface area contributed by atoms with Crippen LogP contribution in [-0.4, -0.2) is 27.8 Å². The summed E-state index contributed by atoms with van der Waals surface area (Å²) in [6, 6.07) is 6.24. The number of nitrogens with zero attached hydrogens (tertiary/aromatic N) is 2. The zero-order valence-electron chi connectivity index (χ0n) is 18.0. The number of hydrogen-bond acceptors (Lipinski definition) is 5. The number of amides is 2. The van der Waals surface area contributed by atoms with E-state index in [1.54, 1.807) is 30.3 Å². The van der Waals surface area contributed by atoms with Gasteiger partial charge in [0.2, 0.25) is 0 Å². The van der Waals surface area contributed by atoms with Crippen molar-refractivity contribution in [2.75, 3.05) is 10.6 Å². The monoisotopic (exact) mass is 489 g/mol. The number of fused-ring (bicyclic) bond motifs is 2. The Morgan fingerprint density at radius 3 is 2.62 bits per heavy atom. The molecule has 3 heterocycles. The second-order valence-corrected chi connectivity index (χ2v) is 9.59. The molecule has 0 fully saturated rings. The summed E-state index contributed by atoms with van der Waals surface area (Å²) in [4.78, 5) is 26.3. The van der Waals surface area contributed by atoms with Crippen LogP contribution in [0.25, 0.3) is 0 Å². The van der Waals surface area contributed by atoms with Gasteiger partial charge in [-0.15, -0.1) is 11.3 Å². The van der Waals surface area contributed by atoms with Crippen molar-refractivity contribution in [2.24, 2.45) is 5.73 Å². The van der Waals surface area contributed by atoms with Gasteiger partial charge in [-0.05, 0) is 36.8 Å². The maximum atomic E-state index is 13.9. The van der Waals surface area contributed by atoms with Crippen LogP contribution in [0, 0.1) is 0 Å². The van der Waals surface area contributed by atoms with E-state index in [9.17, 15) is 22.8 Å². The van der Waals surface area contributed by atoms with Crippen LogP contribution in [0.1, 0.15) is 68.1 Å². The summed E-state index contributed by atoms with van der Waals surface area (Å²) in [7, 11) is 0. The standard InChI is InChI=1S/C23H22F3N5O2S/c24-23(25,26)17-10-15(12-6-2-1-3-7-12)29-20-14(11-28-31(17)20)21(33)30-22-18(19(27)32)13-8-4-5-9-16(13)34-22/h1-3,6-7,11,15,17,29H,4-5,8-10H2,(H2,27,32)(H,30,33)/t15-,17+/m0/s1. The molecule has 2 aromatic heterocycles. The second kappa shape index (κ2) is 8.46. The molecule has 0 spiro atoms. The SMILES string of the molecule is NC(=O)c1c(NC(=O)c2cnn3c2N[C@H](c2ccccc2)C[C@@H]3C(F)(F)F)sc2c1CCCC2. The van der Waals surface area contributed by atoms with Crippen molar-refractivity contribution in [1.29, 1.82) is 0 Å². The van der Waals surface area contributed by atoms with Gasteiger partial charge in [0.25, 0.3) is 11.8 Å². The lowest BCUT2D eigenvalue weighted by Crippen LogP contribution is -2.36. The van der Waals surface area contributed by atoms with Gasteiger partial charge in [0.15, 0.2) is 6.04 Å². The van der Waals surface area contributed by atoms with Crippen LogP contribution in [0.5, 0.6) is 0 Å². The molecule has 34 heavy (non-hydrogen) atoms. The minimum absolute atomic E-state index is 0.0122. The number of carbonyl (C=O) groups is 2. The summed E-state index contributed by atoms with van der Waals surface area (Å²) < 4.78 is 42.5. The molecule has 5 rings (SSSR count). The average Bonchev–Trinajstić information content (AvgIpc) is 3.39. The Hall–Kier alpha value is -3.34. The van der Waals surface area contributed by atoms with Gasteiger partial charge in [0.05, 0.1) is 17.8 Å². The number of halogens is 3. The second-order valence-electron chi connectivity index (χ2n) is 8.49. The van der Waals surface area contributed by atoms with E-state index in [-0.39, 0.29) is 23.4 Å². The lowest BCUT2D eigenvalue weighted by atomic mass is 9.95. The predicted molar refractivity (Wildman–Crippen MR) is 122 cm³/mol. The number of rotatable bonds is 4. The number of aromatic nitrogens is 2. The zero-order valence-corrected chi connectivity index (χ0v) is 18.8. The lowest BCUT2D eigenvalue weighted by molar-refractivity contribution is -0.173. The Morgan fingerprint density at radius 1 is 1.18 bits per heavy atom. The number of nitrogens with one attached hydrogen (secondary N) is 2. The van der Waals surface area contributed by atoms with Crippen LogP contribution >= 0.6 is 11.3 Å². The third-order valence-corrected chi connectivity index (χ3v) is 7.54. The first-order valence-electron chi connectivity index (χ1n) is 11.0. The number of aryl methyl sites for hydroxylation is 1. The maximum absolute atomic E-state index is 13.9. The Labute approximate surface area is 197 Å². The molecular weight excluding hydrogens is 467 g/mol. The van der Waals surface area contributed by atoms with E-state index in [2.05, 4.69) is 15.7 Å². The van der Waals surface area contributed by atoms with Crippen molar-refractivity contribution in [1.82, 2.24) is 9.78 Å². The van der Waals surface area contributed by atoms with E-state index in [0.29, 0.717) is 17.0 Å². The molecule has 0 unspecified atom stereocenters. The molecule has 2 atom stereocenters. The van der Waals surface area contributed by atoms with Crippen molar-refractivity contribution >= 4 is 34.0 Å². The number of benzene rings is 1. The first-order valence-corrected chi connectivity index (χ1v) is 11.8.